The van der Waals surface area contributed by atoms with Crippen LogP contribution in [0.15, 0.2) is 18.3 Å². The molecule has 3 rings (SSSR count). The molecule has 1 heterocycles. The lowest BCUT2D eigenvalue weighted by molar-refractivity contribution is -0.238. The smallest absolute Gasteiger partial charge is 0.350 e. The molecule has 1 aromatic carbocycles. The monoisotopic (exact) mass is 422 g/mol. The van der Waals surface area contributed by atoms with E-state index in [1.54, 1.807) is 6.20 Å². The second kappa shape index (κ2) is 7.62. The van der Waals surface area contributed by atoms with Crippen molar-refractivity contribution in [2.24, 2.45) is 0 Å². The molecule has 0 N–H and O–H groups in total. The maximum absolute atomic E-state index is 12.9. The molecule has 0 aliphatic heterocycles. The largest absolute Gasteiger partial charge is 0.416 e. The number of hydrogen-bond donors (Lipinski definition) is 0. The van der Waals surface area contributed by atoms with Crippen LogP contribution in [0.3, 0.4) is 0 Å². The third-order valence-corrected chi connectivity index (χ3v) is 5.04. The summed E-state index contributed by atoms with van der Waals surface area (Å²) in [4.78, 5) is 0. The van der Waals surface area contributed by atoms with Crippen LogP contribution in [0.25, 0.3) is 5.69 Å². The standard InChI is InChI=1S/C18H19Cl2F3N2O2/c1-3-26-17(27-4-2)6-5-15-11(9-17)10-25(24-15)16-13(19)7-12(8-14(16)20)18(21,22)23/h7-8,10H,3-6,9H2,1-2H3. The molecule has 1 aromatic heterocycles. The first-order valence-electron chi connectivity index (χ1n) is 8.61. The summed E-state index contributed by atoms with van der Waals surface area (Å²) in [5.74, 6) is -0.710. The maximum Gasteiger partial charge on any atom is 0.416 e. The zero-order valence-corrected chi connectivity index (χ0v) is 16.4. The number of nitrogens with zero attached hydrogens (tertiary/aromatic N) is 2. The molecule has 0 saturated heterocycles. The molecular formula is C18H19Cl2F3N2O2. The number of aryl methyl sites for hydroxylation is 1. The minimum atomic E-state index is -4.52. The number of alkyl halides is 3. The highest BCUT2D eigenvalue weighted by atomic mass is 35.5. The van der Waals surface area contributed by atoms with E-state index in [2.05, 4.69) is 5.10 Å². The second-order valence-corrected chi connectivity index (χ2v) is 7.10. The molecule has 27 heavy (non-hydrogen) atoms. The third-order valence-electron chi connectivity index (χ3n) is 4.47. The van der Waals surface area contributed by atoms with Crippen molar-refractivity contribution in [1.82, 2.24) is 9.78 Å². The van der Waals surface area contributed by atoms with Crippen LogP contribution in [0.1, 0.15) is 37.1 Å². The number of rotatable bonds is 5. The van der Waals surface area contributed by atoms with Crippen molar-refractivity contribution in [2.75, 3.05) is 13.2 Å². The highest BCUT2D eigenvalue weighted by Gasteiger charge is 2.38. The van der Waals surface area contributed by atoms with E-state index in [1.165, 1.54) is 4.68 Å². The summed E-state index contributed by atoms with van der Waals surface area (Å²) in [6, 6.07) is 1.71. The third kappa shape index (κ3) is 4.11. The van der Waals surface area contributed by atoms with Gasteiger partial charge in [0, 0.05) is 32.3 Å². The summed E-state index contributed by atoms with van der Waals surface area (Å²) < 4.78 is 51.9. The Morgan fingerprint density at radius 3 is 2.26 bits per heavy atom. The average Bonchev–Trinajstić information content (AvgIpc) is 2.96. The Labute approximate surface area is 165 Å². The lowest BCUT2D eigenvalue weighted by Crippen LogP contribution is -2.41. The number of ether oxygens (including phenoxy) is 2. The average molecular weight is 423 g/mol. The zero-order valence-electron chi connectivity index (χ0n) is 14.9. The fourth-order valence-corrected chi connectivity index (χ4v) is 4.03. The van der Waals surface area contributed by atoms with E-state index in [4.69, 9.17) is 32.7 Å². The molecule has 0 radical (unpaired) electrons. The van der Waals surface area contributed by atoms with Gasteiger partial charge in [0.1, 0.15) is 5.69 Å². The zero-order chi connectivity index (χ0) is 19.8. The Morgan fingerprint density at radius 2 is 1.74 bits per heavy atom. The minimum absolute atomic E-state index is 0.115. The predicted octanol–water partition coefficient (Wildman–Crippen LogP) is 5.46. The van der Waals surface area contributed by atoms with Crippen LogP contribution in [-0.2, 0) is 28.5 Å². The summed E-state index contributed by atoms with van der Waals surface area (Å²) >= 11 is 12.2. The van der Waals surface area contributed by atoms with E-state index in [1.807, 2.05) is 13.8 Å². The molecular weight excluding hydrogens is 404 g/mol. The number of hydrogen-bond acceptors (Lipinski definition) is 3. The van der Waals surface area contributed by atoms with E-state index in [9.17, 15) is 13.2 Å². The van der Waals surface area contributed by atoms with Gasteiger partial charge in [0.25, 0.3) is 0 Å². The summed E-state index contributed by atoms with van der Waals surface area (Å²) in [5.41, 5.74) is 1.05. The molecule has 9 heteroatoms. The van der Waals surface area contributed by atoms with Gasteiger partial charge in [0.15, 0.2) is 5.79 Å². The first kappa shape index (κ1) is 20.5. The Balaban J connectivity index is 1.97. The molecule has 0 fully saturated rings. The van der Waals surface area contributed by atoms with Gasteiger partial charge in [-0.15, -0.1) is 0 Å². The van der Waals surface area contributed by atoms with Crippen LogP contribution in [-0.4, -0.2) is 28.8 Å². The normalized spacial score (nSPS) is 16.4. The SMILES string of the molecule is CCOC1(OCC)CCc2nn(-c3c(Cl)cc(C(F)(F)F)cc3Cl)cc2C1. The molecule has 1 aliphatic rings. The fourth-order valence-electron chi connectivity index (χ4n) is 3.37. The van der Waals surface area contributed by atoms with Crippen molar-refractivity contribution in [3.63, 3.8) is 0 Å². The van der Waals surface area contributed by atoms with Crippen molar-refractivity contribution in [2.45, 2.75) is 45.1 Å². The molecule has 0 amide bonds. The van der Waals surface area contributed by atoms with Gasteiger partial charge in [-0.2, -0.15) is 18.3 Å². The van der Waals surface area contributed by atoms with Crippen molar-refractivity contribution in [3.05, 3.63) is 45.2 Å². The number of benzene rings is 1. The molecule has 4 nitrogen and oxygen atoms in total. The lowest BCUT2D eigenvalue weighted by atomic mass is 9.92. The highest BCUT2D eigenvalue weighted by Crippen LogP contribution is 2.39. The predicted molar refractivity (Wildman–Crippen MR) is 96.6 cm³/mol. The van der Waals surface area contributed by atoms with Crippen molar-refractivity contribution < 1.29 is 22.6 Å². The molecule has 0 bridgehead atoms. The Morgan fingerprint density at radius 1 is 1.15 bits per heavy atom. The summed E-state index contributed by atoms with van der Waals surface area (Å²) in [7, 11) is 0. The number of aromatic nitrogens is 2. The summed E-state index contributed by atoms with van der Waals surface area (Å²) in [5, 5.41) is 4.25. The van der Waals surface area contributed by atoms with Crippen molar-refractivity contribution in [1.29, 1.82) is 0 Å². The van der Waals surface area contributed by atoms with Crippen LogP contribution in [0.5, 0.6) is 0 Å². The maximum atomic E-state index is 12.9. The van der Waals surface area contributed by atoms with E-state index in [0.717, 1.165) is 23.4 Å². The second-order valence-electron chi connectivity index (χ2n) is 6.29. The molecule has 0 saturated carbocycles. The number of halogens is 5. The van der Waals surface area contributed by atoms with E-state index in [-0.39, 0.29) is 15.7 Å². The topological polar surface area (TPSA) is 36.3 Å². The molecule has 0 unspecified atom stereocenters. The van der Waals surface area contributed by atoms with Crippen LogP contribution >= 0.6 is 23.2 Å². The Kier molecular flexibility index (Phi) is 5.77. The quantitative estimate of drug-likeness (QED) is 0.600. The van der Waals surface area contributed by atoms with Gasteiger partial charge in [-0.05, 0) is 38.0 Å². The number of fused-ring (bicyclic) bond motifs is 1. The molecule has 0 atom stereocenters. The summed E-state index contributed by atoms with van der Waals surface area (Å²) in [6.45, 7) is 4.84. The fraction of sp³-hybridized carbons (Fsp3) is 0.500. The van der Waals surface area contributed by atoms with Gasteiger partial charge in [0.05, 0.1) is 21.3 Å². The molecule has 148 valence electrons. The van der Waals surface area contributed by atoms with Crippen molar-refractivity contribution >= 4 is 23.2 Å². The van der Waals surface area contributed by atoms with Gasteiger partial charge < -0.3 is 9.47 Å². The molecule has 0 spiro atoms. The van der Waals surface area contributed by atoms with Gasteiger partial charge in [-0.25, -0.2) is 4.68 Å². The Hall–Kier alpha value is -1.28. The first-order chi connectivity index (χ1) is 12.7. The Bertz CT molecular complexity index is 807. The molecule has 1 aliphatic carbocycles. The van der Waals surface area contributed by atoms with Crippen molar-refractivity contribution in [3.8, 4) is 5.69 Å². The lowest BCUT2D eigenvalue weighted by Gasteiger charge is -2.35. The van der Waals surface area contributed by atoms with Crippen LogP contribution in [0.2, 0.25) is 10.0 Å². The van der Waals surface area contributed by atoms with Crippen LogP contribution in [0, 0.1) is 0 Å². The minimum Gasteiger partial charge on any atom is -0.350 e. The molecule has 2 aromatic rings. The van der Waals surface area contributed by atoms with E-state index in [0.29, 0.717) is 32.5 Å². The van der Waals surface area contributed by atoms with E-state index >= 15 is 0 Å². The van der Waals surface area contributed by atoms with Gasteiger partial charge >= 0.3 is 6.18 Å². The van der Waals surface area contributed by atoms with Crippen LogP contribution in [0.4, 0.5) is 13.2 Å². The first-order valence-corrected chi connectivity index (χ1v) is 9.36. The summed E-state index contributed by atoms with van der Waals surface area (Å²) in [6.07, 6.45) is -1.03. The van der Waals surface area contributed by atoms with E-state index < -0.39 is 17.5 Å². The van der Waals surface area contributed by atoms with Gasteiger partial charge in [-0.1, -0.05) is 23.2 Å². The van der Waals surface area contributed by atoms with Crippen LogP contribution < -0.4 is 0 Å². The van der Waals surface area contributed by atoms with Gasteiger partial charge in [-0.3, -0.25) is 0 Å². The van der Waals surface area contributed by atoms with Gasteiger partial charge in [0.2, 0.25) is 0 Å². The highest BCUT2D eigenvalue weighted by molar-refractivity contribution is 6.37.